The first-order valence-corrected chi connectivity index (χ1v) is 5.77. The highest BCUT2D eigenvalue weighted by Gasteiger charge is 2.22. The molecule has 2 rings (SSSR count). The standard InChI is InChI=1S/C12H19N3O/c1-8-7-14-12(6-10(8)13)15-9(2)11-4-3-5-16-11/h6-7,9,11H,3-5H2,1-2H3,(H3,13,14,15). The van der Waals surface area contributed by atoms with E-state index in [1.54, 1.807) is 6.20 Å². The fourth-order valence-corrected chi connectivity index (χ4v) is 1.94. The van der Waals surface area contributed by atoms with Crippen molar-refractivity contribution < 1.29 is 4.74 Å². The molecule has 1 aromatic rings. The Bertz CT molecular complexity index is 361. The molecule has 1 aromatic heterocycles. The van der Waals surface area contributed by atoms with Gasteiger partial charge in [-0.3, -0.25) is 0 Å². The average molecular weight is 221 g/mol. The number of anilines is 2. The average Bonchev–Trinajstić information content (AvgIpc) is 2.77. The van der Waals surface area contributed by atoms with Gasteiger partial charge in [0.15, 0.2) is 0 Å². The Kier molecular flexibility index (Phi) is 3.29. The number of ether oxygens (including phenoxy) is 1. The molecule has 2 heterocycles. The second-order valence-corrected chi connectivity index (χ2v) is 4.41. The van der Waals surface area contributed by atoms with E-state index in [9.17, 15) is 0 Å². The van der Waals surface area contributed by atoms with Crippen molar-refractivity contribution in [1.29, 1.82) is 0 Å². The molecule has 0 aromatic carbocycles. The molecule has 16 heavy (non-hydrogen) atoms. The minimum absolute atomic E-state index is 0.275. The van der Waals surface area contributed by atoms with Gasteiger partial charge in [-0.1, -0.05) is 0 Å². The monoisotopic (exact) mass is 221 g/mol. The molecule has 0 amide bonds. The van der Waals surface area contributed by atoms with Gasteiger partial charge in [-0.2, -0.15) is 0 Å². The predicted octanol–water partition coefficient (Wildman–Crippen LogP) is 1.95. The van der Waals surface area contributed by atoms with E-state index < -0.39 is 0 Å². The molecule has 2 unspecified atom stereocenters. The number of nitrogen functional groups attached to an aromatic ring is 1. The first-order chi connectivity index (χ1) is 7.66. The number of rotatable bonds is 3. The zero-order valence-electron chi connectivity index (χ0n) is 9.86. The summed E-state index contributed by atoms with van der Waals surface area (Å²) in [6.07, 6.45) is 4.36. The molecule has 88 valence electrons. The lowest BCUT2D eigenvalue weighted by molar-refractivity contribution is 0.0995. The number of pyridine rings is 1. The SMILES string of the molecule is Cc1cnc(NC(C)C2CCCO2)cc1N. The van der Waals surface area contributed by atoms with Crippen LogP contribution < -0.4 is 11.1 Å². The van der Waals surface area contributed by atoms with Crippen LogP contribution in [0.3, 0.4) is 0 Å². The lowest BCUT2D eigenvalue weighted by Gasteiger charge is -2.20. The van der Waals surface area contributed by atoms with Crippen molar-refractivity contribution >= 4 is 11.5 Å². The molecule has 0 radical (unpaired) electrons. The van der Waals surface area contributed by atoms with Crippen molar-refractivity contribution in [2.24, 2.45) is 0 Å². The number of nitrogens with one attached hydrogen (secondary N) is 1. The molecule has 3 N–H and O–H groups in total. The highest BCUT2D eigenvalue weighted by atomic mass is 16.5. The van der Waals surface area contributed by atoms with Crippen molar-refractivity contribution in [3.63, 3.8) is 0 Å². The summed E-state index contributed by atoms with van der Waals surface area (Å²) in [7, 11) is 0. The summed E-state index contributed by atoms with van der Waals surface area (Å²) in [6.45, 7) is 4.95. The van der Waals surface area contributed by atoms with Crippen LogP contribution in [0.25, 0.3) is 0 Å². The number of aryl methyl sites for hydroxylation is 1. The molecule has 4 heteroatoms. The maximum atomic E-state index is 5.84. The van der Waals surface area contributed by atoms with Crippen LogP contribution in [0.4, 0.5) is 11.5 Å². The lowest BCUT2D eigenvalue weighted by Crippen LogP contribution is -2.30. The Hall–Kier alpha value is -1.29. The van der Waals surface area contributed by atoms with Crippen molar-refractivity contribution in [3.8, 4) is 0 Å². The first kappa shape index (κ1) is 11.2. The third kappa shape index (κ3) is 2.44. The molecule has 0 spiro atoms. The van der Waals surface area contributed by atoms with Gasteiger partial charge < -0.3 is 15.8 Å². The molecule has 1 fully saturated rings. The van der Waals surface area contributed by atoms with E-state index in [2.05, 4.69) is 17.2 Å². The summed E-state index contributed by atoms with van der Waals surface area (Å²) in [5.74, 6) is 0.825. The molecule has 1 aliphatic heterocycles. The smallest absolute Gasteiger partial charge is 0.128 e. The van der Waals surface area contributed by atoms with E-state index in [1.807, 2.05) is 13.0 Å². The first-order valence-electron chi connectivity index (χ1n) is 5.77. The Balaban J connectivity index is 1.99. The number of aromatic nitrogens is 1. The second kappa shape index (κ2) is 4.70. The van der Waals surface area contributed by atoms with E-state index >= 15 is 0 Å². The molecule has 0 aliphatic carbocycles. The van der Waals surface area contributed by atoms with Gasteiger partial charge in [-0.15, -0.1) is 0 Å². The van der Waals surface area contributed by atoms with E-state index in [1.165, 1.54) is 0 Å². The van der Waals surface area contributed by atoms with Crippen molar-refractivity contribution in [3.05, 3.63) is 17.8 Å². The Morgan fingerprint density at radius 1 is 1.62 bits per heavy atom. The van der Waals surface area contributed by atoms with Gasteiger partial charge >= 0.3 is 0 Å². The fourth-order valence-electron chi connectivity index (χ4n) is 1.94. The maximum absolute atomic E-state index is 5.84. The third-order valence-electron chi connectivity index (χ3n) is 3.04. The number of nitrogens with zero attached hydrogens (tertiary/aromatic N) is 1. The summed E-state index contributed by atoms with van der Waals surface area (Å²) < 4.78 is 5.62. The van der Waals surface area contributed by atoms with Crippen LogP contribution in [0.15, 0.2) is 12.3 Å². The van der Waals surface area contributed by atoms with E-state index in [0.29, 0.717) is 6.10 Å². The van der Waals surface area contributed by atoms with Crippen LogP contribution in [0, 0.1) is 6.92 Å². The van der Waals surface area contributed by atoms with Gasteiger partial charge in [0, 0.05) is 24.6 Å². The summed E-state index contributed by atoms with van der Waals surface area (Å²) in [6, 6.07) is 2.15. The topological polar surface area (TPSA) is 60.2 Å². The van der Waals surface area contributed by atoms with Gasteiger partial charge in [0.2, 0.25) is 0 Å². The zero-order chi connectivity index (χ0) is 11.5. The number of hydrogen-bond donors (Lipinski definition) is 2. The van der Waals surface area contributed by atoms with Crippen molar-refractivity contribution in [2.45, 2.75) is 38.8 Å². The quantitative estimate of drug-likeness (QED) is 0.819. The Morgan fingerprint density at radius 2 is 2.44 bits per heavy atom. The molecule has 0 saturated carbocycles. The molecule has 1 aliphatic rings. The van der Waals surface area contributed by atoms with Gasteiger partial charge in [0.05, 0.1) is 12.1 Å². The zero-order valence-corrected chi connectivity index (χ0v) is 9.86. The predicted molar refractivity (Wildman–Crippen MR) is 65.4 cm³/mol. The van der Waals surface area contributed by atoms with Crippen LogP contribution >= 0.6 is 0 Å². The number of hydrogen-bond acceptors (Lipinski definition) is 4. The molecular formula is C12H19N3O. The Labute approximate surface area is 96.2 Å². The third-order valence-corrected chi connectivity index (χ3v) is 3.04. The van der Waals surface area contributed by atoms with Crippen LogP contribution in [-0.4, -0.2) is 23.7 Å². The van der Waals surface area contributed by atoms with E-state index in [-0.39, 0.29) is 6.04 Å². The molecule has 2 atom stereocenters. The molecule has 0 bridgehead atoms. The molecule has 1 saturated heterocycles. The summed E-state index contributed by atoms with van der Waals surface area (Å²) >= 11 is 0. The van der Waals surface area contributed by atoms with Crippen LogP contribution in [-0.2, 0) is 4.74 Å². The largest absolute Gasteiger partial charge is 0.398 e. The highest BCUT2D eigenvalue weighted by Crippen LogP contribution is 2.20. The van der Waals surface area contributed by atoms with Crippen LogP contribution in [0.2, 0.25) is 0 Å². The van der Waals surface area contributed by atoms with E-state index in [4.69, 9.17) is 10.5 Å². The van der Waals surface area contributed by atoms with Crippen molar-refractivity contribution in [2.75, 3.05) is 17.7 Å². The Morgan fingerprint density at radius 3 is 3.06 bits per heavy atom. The van der Waals surface area contributed by atoms with Gasteiger partial charge in [-0.05, 0) is 32.3 Å². The van der Waals surface area contributed by atoms with Gasteiger partial charge in [-0.25, -0.2) is 4.98 Å². The fraction of sp³-hybridized carbons (Fsp3) is 0.583. The highest BCUT2D eigenvalue weighted by molar-refractivity contribution is 5.53. The minimum Gasteiger partial charge on any atom is -0.398 e. The van der Waals surface area contributed by atoms with Gasteiger partial charge in [0.25, 0.3) is 0 Å². The normalized spacial score (nSPS) is 22.0. The van der Waals surface area contributed by atoms with E-state index in [0.717, 1.165) is 36.5 Å². The van der Waals surface area contributed by atoms with Gasteiger partial charge in [0.1, 0.15) is 5.82 Å². The molecular weight excluding hydrogens is 202 g/mol. The van der Waals surface area contributed by atoms with Crippen molar-refractivity contribution in [1.82, 2.24) is 4.98 Å². The lowest BCUT2D eigenvalue weighted by atomic mass is 10.1. The molecule has 4 nitrogen and oxygen atoms in total. The minimum atomic E-state index is 0.275. The number of nitrogens with two attached hydrogens (primary N) is 1. The summed E-state index contributed by atoms with van der Waals surface area (Å²) in [5.41, 5.74) is 7.62. The maximum Gasteiger partial charge on any atom is 0.128 e. The second-order valence-electron chi connectivity index (χ2n) is 4.41. The summed E-state index contributed by atoms with van der Waals surface area (Å²) in [4.78, 5) is 4.30. The van der Waals surface area contributed by atoms with Crippen LogP contribution in [0.1, 0.15) is 25.3 Å². The summed E-state index contributed by atoms with van der Waals surface area (Å²) in [5, 5.41) is 3.34. The van der Waals surface area contributed by atoms with Crippen LogP contribution in [0.5, 0.6) is 0 Å².